The highest BCUT2D eigenvalue weighted by molar-refractivity contribution is 6.08. The molecule has 0 radical (unpaired) electrons. The second kappa shape index (κ2) is 5.48. The first-order valence-corrected chi connectivity index (χ1v) is 6.05. The molecule has 1 N–H and O–H groups in total. The number of aryl methyl sites for hydroxylation is 1. The maximum absolute atomic E-state index is 12.0. The molecule has 0 saturated carbocycles. The molecule has 0 saturated heterocycles. The van der Waals surface area contributed by atoms with Crippen LogP contribution in [0.1, 0.15) is 34.6 Å². The van der Waals surface area contributed by atoms with Crippen molar-refractivity contribution in [2.24, 2.45) is 0 Å². The standard InChI is InChI=1S/C14H15N3O2/c1-3-17-9-11(8-15-17)14(19)16-13-7-5-4-6-12(13)10(2)18/h4-9H,3H2,1-2H3,(H,16,19). The van der Waals surface area contributed by atoms with Crippen LogP contribution < -0.4 is 5.32 Å². The molecule has 1 aromatic heterocycles. The van der Waals surface area contributed by atoms with Crippen LogP contribution in [-0.4, -0.2) is 21.5 Å². The highest BCUT2D eigenvalue weighted by Gasteiger charge is 2.12. The Bertz CT molecular complexity index is 617. The van der Waals surface area contributed by atoms with E-state index in [4.69, 9.17) is 0 Å². The van der Waals surface area contributed by atoms with Crippen LogP contribution in [0.5, 0.6) is 0 Å². The van der Waals surface area contributed by atoms with Crippen molar-refractivity contribution in [3.8, 4) is 0 Å². The Balaban J connectivity index is 2.21. The van der Waals surface area contributed by atoms with Gasteiger partial charge in [-0.05, 0) is 26.0 Å². The molecular formula is C14H15N3O2. The Labute approximate surface area is 111 Å². The van der Waals surface area contributed by atoms with Crippen LogP contribution in [0.3, 0.4) is 0 Å². The molecule has 0 atom stereocenters. The molecule has 0 aliphatic heterocycles. The number of Topliss-reactive ketones (excluding diaryl/α,β-unsaturated/α-hetero) is 1. The van der Waals surface area contributed by atoms with Gasteiger partial charge in [0.15, 0.2) is 5.78 Å². The minimum atomic E-state index is -0.270. The zero-order valence-electron chi connectivity index (χ0n) is 10.9. The van der Waals surface area contributed by atoms with E-state index in [1.165, 1.54) is 13.1 Å². The Morgan fingerprint density at radius 1 is 1.32 bits per heavy atom. The molecule has 0 aliphatic carbocycles. The Kier molecular flexibility index (Phi) is 3.75. The van der Waals surface area contributed by atoms with Gasteiger partial charge in [0.05, 0.1) is 17.4 Å². The van der Waals surface area contributed by atoms with Crippen molar-refractivity contribution in [2.45, 2.75) is 20.4 Å². The summed E-state index contributed by atoms with van der Waals surface area (Å²) >= 11 is 0. The van der Waals surface area contributed by atoms with Crippen LogP contribution in [0.15, 0.2) is 36.7 Å². The van der Waals surface area contributed by atoms with Crippen molar-refractivity contribution in [2.75, 3.05) is 5.32 Å². The van der Waals surface area contributed by atoms with Gasteiger partial charge in [0.1, 0.15) is 0 Å². The Morgan fingerprint density at radius 3 is 2.68 bits per heavy atom. The minimum Gasteiger partial charge on any atom is -0.321 e. The molecule has 0 aliphatic rings. The third-order valence-electron chi connectivity index (χ3n) is 2.77. The summed E-state index contributed by atoms with van der Waals surface area (Å²) in [4.78, 5) is 23.5. The van der Waals surface area contributed by atoms with Crippen LogP contribution >= 0.6 is 0 Å². The monoisotopic (exact) mass is 257 g/mol. The second-order valence-corrected chi connectivity index (χ2v) is 4.14. The fourth-order valence-corrected chi connectivity index (χ4v) is 1.75. The summed E-state index contributed by atoms with van der Waals surface area (Å²) in [6, 6.07) is 6.94. The normalized spacial score (nSPS) is 10.2. The summed E-state index contributed by atoms with van der Waals surface area (Å²) in [5, 5.41) is 6.78. The van der Waals surface area contributed by atoms with Crippen LogP contribution in [0, 0.1) is 0 Å². The lowest BCUT2D eigenvalue weighted by Crippen LogP contribution is -2.13. The van der Waals surface area contributed by atoms with Gasteiger partial charge in [0, 0.05) is 18.3 Å². The summed E-state index contributed by atoms with van der Waals surface area (Å²) in [5.74, 6) is -0.353. The lowest BCUT2D eigenvalue weighted by atomic mass is 10.1. The van der Waals surface area contributed by atoms with Gasteiger partial charge >= 0.3 is 0 Å². The molecule has 5 nitrogen and oxygen atoms in total. The van der Waals surface area contributed by atoms with E-state index in [-0.39, 0.29) is 11.7 Å². The van der Waals surface area contributed by atoms with Crippen LogP contribution in [0.2, 0.25) is 0 Å². The molecule has 2 rings (SSSR count). The first-order valence-electron chi connectivity index (χ1n) is 6.05. The zero-order valence-corrected chi connectivity index (χ0v) is 10.9. The number of nitrogens with one attached hydrogen (secondary N) is 1. The predicted octanol–water partition coefficient (Wildman–Crippen LogP) is 2.36. The summed E-state index contributed by atoms with van der Waals surface area (Å²) in [6.07, 6.45) is 3.18. The molecule has 0 bridgehead atoms. The van der Waals surface area contributed by atoms with E-state index in [0.29, 0.717) is 23.4 Å². The minimum absolute atomic E-state index is 0.0832. The van der Waals surface area contributed by atoms with Gasteiger partial charge in [-0.2, -0.15) is 5.10 Å². The van der Waals surface area contributed by atoms with E-state index < -0.39 is 0 Å². The number of rotatable bonds is 4. The lowest BCUT2D eigenvalue weighted by Gasteiger charge is -2.07. The number of benzene rings is 1. The van der Waals surface area contributed by atoms with E-state index in [0.717, 1.165) is 0 Å². The van der Waals surface area contributed by atoms with E-state index in [9.17, 15) is 9.59 Å². The molecule has 0 unspecified atom stereocenters. The SMILES string of the molecule is CCn1cc(C(=O)Nc2ccccc2C(C)=O)cn1. The quantitative estimate of drug-likeness (QED) is 0.855. The van der Waals surface area contributed by atoms with Crippen LogP contribution in [0.4, 0.5) is 5.69 Å². The maximum Gasteiger partial charge on any atom is 0.258 e. The molecule has 1 heterocycles. The number of para-hydroxylation sites is 1. The number of carbonyl (C=O) groups excluding carboxylic acids is 2. The van der Waals surface area contributed by atoms with Crippen LogP contribution in [0.25, 0.3) is 0 Å². The average Bonchev–Trinajstić information content (AvgIpc) is 2.88. The first-order chi connectivity index (χ1) is 9.11. The topological polar surface area (TPSA) is 64.0 Å². The predicted molar refractivity (Wildman–Crippen MR) is 72.3 cm³/mol. The number of hydrogen-bond donors (Lipinski definition) is 1. The van der Waals surface area contributed by atoms with Crippen molar-refractivity contribution in [1.82, 2.24) is 9.78 Å². The molecular weight excluding hydrogens is 242 g/mol. The van der Waals surface area contributed by atoms with Gasteiger partial charge < -0.3 is 5.32 Å². The zero-order chi connectivity index (χ0) is 13.8. The van der Waals surface area contributed by atoms with Crippen LogP contribution in [-0.2, 0) is 6.54 Å². The number of carbonyl (C=O) groups is 2. The molecule has 98 valence electrons. The third kappa shape index (κ3) is 2.88. The molecule has 0 spiro atoms. The van der Waals surface area contributed by atoms with Gasteiger partial charge in [-0.25, -0.2) is 0 Å². The van der Waals surface area contributed by atoms with E-state index in [1.54, 1.807) is 35.1 Å². The maximum atomic E-state index is 12.0. The lowest BCUT2D eigenvalue weighted by molar-refractivity contribution is 0.101. The van der Waals surface area contributed by atoms with Gasteiger partial charge in [0.2, 0.25) is 0 Å². The smallest absolute Gasteiger partial charge is 0.258 e. The second-order valence-electron chi connectivity index (χ2n) is 4.14. The van der Waals surface area contributed by atoms with Crippen molar-refractivity contribution < 1.29 is 9.59 Å². The average molecular weight is 257 g/mol. The summed E-state index contributed by atoms with van der Waals surface area (Å²) in [6.45, 7) is 4.12. The molecule has 19 heavy (non-hydrogen) atoms. The van der Waals surface area contributed by atoms with Gasteiger partial charge in [-0.15, -0.1) is 0 Å². The Hall–Kier alpha value is -2.43. The first kappa shape index (κ1) is 13.0. The number of nitrogens with zero attached hydrogens (tertiary/aromatic N) is 2. The van der Waals surface area contributed by atoms with Gasteiger partial charge in [-0.3, -0.25) is 14.3 Å². The molecule has 1 amide bonds. The largest absolute Gasteiger partial charge is 0.321 e. The van der Waals surface area contributed by atoms with Gasteiger partial charge in [0.25, 0.3) is 5.91 Å². The van der Waals surface area contributed by atoms with Crippen molar-refractivity contribution in [3.05, 3.63) is 47.8 Å². The van der Waals surface area contributed by atoms with E-state index in [2.05, 4.69) is 10.4 Å². The van der Waals surface area contributed by atoms with Crippen molar-refractivity contribution >= 4 is 17.4 Å². The van der Waals surface area contributed by atoms with Crippen molar-refractivity contribution in [3.63, 3.8) is 0 Å². The summed E-state index contributed by atoms with van der Waals surface area (Å²) < 4.78 is 1.67. The fraction of sp³-hybridized carbons (Fsp3) is 0.214. The molecule has 5 heteroatoms. The number of aromatic nitrogens is 2. The van der Waals surface area contributed by atoms with Crippen molar-refractivity contribution in [1.29, 1.82) is 0 Å². The van der Waals surface area contributed by atoms with E-state index >= 15 is 0 Å². The molecule has 2 aromatic rings. The number of amides is 1. The third-order valence-corrected chi connectivity index (χ3v) is 2.77. The number of hydrogen-bond acceptors (Lipinski definition) is 3. The van der Waals surface area contributed by atoms with E-state index in [1.807, 2.05) is 6.92 Å². The number of ketones is 1. The fourth-order valence-electron chi connectivity index (χ4n) is 1.75. The summed E-state index contributed by atoms with van der Waals surface area (Å²) in [7, 11) is 0. The molecule has 0 fully saturated rings. The summed E-state index contributed by atoms with van der Waals surface area (Å²) in [5.41, 5.74) is 1.49. The highest BCUT2D eigenvalue weighted by atomic mass is 16.2. The molecule has 1 aromatic carbocycles. The Morgan fingerprint density at radius 2 is 2.05 bits per heavy atom. The number of anilines is 1. The highest BCUT2D eigenvalue weighted by Crippen LogP contribution is 2.16. The van der Waals surface area contributed by atoms with Gasteiger partial charge in [-0.1, -0.05) is 12.1 Å².